The van der Waals surface area contributed by atoms with Gasteiger partial charge in [0.25, 0.3) is 0 Å². The number of amides is 1. The van der Waals surface area contributed by atoms with E-state index in [0.717, 1.165) is 6.42 Å². The van der Waals surface area contributed by atoms with Gasteiger partial charge in [0, 0.05) is 16.6 Å². The molecule has 1 atom stereocenters. The van der Waals surface area contributed by atoms with E-state index in [1.54, 1.807) is 24.3 Å². The van der Waals surface area contributed by atoms with Crippen LogP contribution in [0.2, 0.25) is 0 Å². The van der Waals surface area contributed by atoms with Crippen molar-refractivity contribution in [2.24, 2.45) is 0 Å². The molecule has 1 unspecified atom stereocenters. The number of nitrogens with one attached hydrogen (secondary N) is 1. The standard InChI is InChI=1S/C11H16N2O2S/c1-2-7-16(15)8-11(14)13-10-6-4-3-5-9(10)12/h3-6H,2,7-8,12H2,1H3,(H,13,14). The molecule has 0 radical (unpaired) electrons. The Labute approximate surface area is 97.7 Å². The first-order chi connectivity index (χ1) is 7.63. The van der Waals surface area contributed by atoms with Gasteiger partial charge in [0.05, 0.1) is 11.4 Å². The van der Waals surface area contributed by atoms with Crippen LogP contribution in [0.1, 0.15) is 13.3 Å². The fraction of sp³-hybridized carbons (Fsp3) is 0.364. The predicted molar refractivity (Wildman–Crippen MR) is 67.7 cm³/mol. The lowest BCUT2D eigenvalue weighted by Crippen LogP contribution is -2.21. The summed E-state index contributed by atoms with van der Waals surface area (Å²) in [5.74, 6) is 0.324. The lowest BCUT2D eigenvalue weighted by Gasteiger charge is -2.07. The summed E-state index contributed by atoms with van der Waals surface area (Å²) in [6, 6.07) is 7.00. The van der Waals surface area contributed by atoms with Crippen LogP contribution in [0.3, 0.4) is 0 Å². The Kier molecular flexibility index (Phi) is 4.98. The molecular formula is C11H16N2O2S. The molecule has 1 rings (SSSR count). The number of nitrogens with two attached hydrogens (primary N) is 1. The maximum atomic E-state index is 11.5. The number of para-hydroxylation sites is 2. The Morgan fingerprint density at radius 2 is 2.12 bits per heavy atom. The number of carbonyl (C=O) groups is 1. The molecule has 0 aliphatic heterocycles. The zero-order valence-corrected chi connectivity index (χ0v) is 10.0. The third kappa shape index (κ3) is 4.02. The first-order valence-corrected chi connectivity index (χ1v) is 6.61. The van der Waals surface area contributed by atoms with Crippen molar-refractivity contribution < 1.29 is 9.00 Å². The van der Waals surface area contributed by atoms with E-state index >= 15 is 0 Å². The lowest BCUT2D eigenvalue weighted by molar-refractivity contribution is -0.113. The van der Waals surface area contributed by atoms with E-state index in [2.05, 4.69) is 5.32 Å². The van der Waals surface area contributed by atoms with Crippen molar-refractivity contribution in [1.29, 1.82) is 0 Å². The molecule has 0 saturated heterocycles. The Hall–Kier alpha value is -1.36. The summed E-state index contributed by atoms with van der Waals surface area (Å²) < 4.78 is 11.3. The van der Waals surface area contributed by atoms with Gasteiger partial charge >= 0.3 is 0 Å². The van der Waals surface area contributed by atoms with Gasteiger partial charge in [-0.15, -0.1) is 0 Å². The fourth-order valence-corrected chi connectivity index (χ4v) is 2.21. The number of hydrogen-bond donors (Lipinski definition) is 2. The quantitative estimate of drug-likeness (QED) is 0.763. The molecule has 0 heterocycles. The fourth-order valence-electron chi connectivity index (χ4n) is 1.24. The van der Waals surface area contributed by atoms with Crippen molar-refractivity contribution >= 4 is 28.1 Å². The second-order valence-electron chi connectivity index (χ2n) is 3.42. The van der Waals surface area contributed by atoms with Gasteiger partial charge < -0.3 is 11.1 Å². The van der Waals surface area contributed by atoms with Crippen molar-refractivity contribution in [3.05, 3.63) is 24.3 Å². The topological polar surface area (TPSA) is 72.2 Å². The molecule has 1 aromatic rings. The first kappa shape index (κ1) is 12.7. The number of nitrogen functional groups attached to an aromatic ring is 1. The van der Waals surface area contributed by atoms with Crippen LogP contribution in [-0.2, 0) is 15.6 Å². The summed E-state index contributed by atoms with van der Waals surface area (Å²) in [5.41, 5.74) is 6.75. The number of hydrogen-bond acceptors (Lipinski definition) is 3. The van der Waals surface area contributed by atoms with Gasteiger partial charge in [-0.25, -0.2) is 0 Å². The van der Waals surface area contributed by atoms with E-state index in [-0.39, 0.29) is 11.7 Å². The molecule has 4 nitrogen and oxygen atoms in total. The van der Waals surface area contributed by atoms with Gasteiger partial charge in [0.15, 0.2) is 0 Å². The van der Waals surface area contributed by atoms with E-state index in [9.17, 15) is 9.00 Å². The molecule has 0 aliphatic carbocycles. The molecule has 1 amide bonds. The molecule has 1 aromatic carbocycles. The summed E-state index contributed by atoms with van der Waals surface area (Å²) in [6.45, 7) is 1.94. The van der Waals surface area contributed by atoms with Gasteiger partial charge in [0.2, 0.25) is 5.91 Å². The molecule has 0 bridgehead atoms. The zero-order valence-electron chi connectivity index (χ0n) is 9.23. The SMILES string of the molecule is CCCS(=O)CC(=O)Nc1ccccc1N. The normalized spacial score (nSPS) is 12.1. The molecule has 0 spiro atoms. The van der Waals surface area contributed by atoms with Gasteiger partial charge in [-0.1, -0.05) is 19.1 Å². The molecular weight excluding hydrogens is 224 g/mol. The molecule has 0 fully saturated rings. The molecule has 0 aliphatic rings. The number of anilines is 2. The molecule has 5 heteroatoms. The second kappa shape index (κ2) is 6.27. The van der Waals surface area contributed by atoms with Crippen LogP contribution in [0.15, 0.2) is 24.3 Å². The smallest absolute Gasteiger partial charge is 0.237 e. The summed E-state index contributed by atoms with van der Waals surface area (Å²) in [7, 11) is -1.08. The highest BCUT2D eigenvalue weighted by atomic mass is 32.2. The third-order valence-corrected chi connectivity index (χ3v) is 3.41. The molecule has 3 N–H and O–H groups in total. The highest BCUT2D eigenvalue weighted by molar-refractivity contribution is 7.85. The average Bonchev–Trinajstić information content (AvgIpc) is 2.21. The predicted octanol–water partition coefficient (Wildman–Crippen LogP) is 1.37. The summed E-state index contributed by atoms with van der Waals surface area (Å²) in [6.07, 6.45) is 0.813. The van der Waals surface area contributed by atoms with E-state index in [4.69, 9.17) is 5.73 Å². The largest absolute Gasteiger partial charge is 0.397 e. The van der Waals surface area contributed by atoms with E-state index in [0.29, 0.717) is 17.1 Å². The summed E-state index contributed by atoms with van der Waals surface area (Å²) in [4.78, 5) is 11.5. The van der Waals surface area contributed by atoms with Crippen LogP contribution in [0, 0.1) is 0 Å². The van der Waals surface area contributed by atoms with Crippen LogP contribution in [0.5, 0.6) is 0 Å². The molecule has 0 aromatic heterocycles. The maximum Gasteiger partial charge on any atom is 0.237 e. The van der Waals surface area contributed by atoms with E-state index in [1.165, 1.54) is 0 Å². The van der Waals surface area contributed by atoms with Crippen LogP contribution in [0.25, 0.3) is 0 Å². The first-order valence-electron chi connectivity index (χ1n) is 5.12. The second-order valence-corrected chi connectivity index (χ2v) is 5.00. The van der Waals surface area contributed by atoms with Crippen molar-refractivity contribution in [3.63, 3.8) is 0 Å². The van der Waals surface area contributed by atoms with Crippen molar-refractivity contribution in [2.45, 2.75) is 13.3 Å². The van der Waals surface area contributed by atoms with Gasteiger partial charge in [0.1, 0.15) is 5.75 Å². The van der Waals surface area contributed by atoms with Crippen LogP contribution >= 0.6 is 0 Å². The minimum absolute atomic E-state index is 0.0299. The van der Waals surface area contributed by atoms with Crippen molar-refractivity contribution in [2.75, 3.05) is 22.6 Å². The zero-order chi connectivity index (χ0) is 12.0. The lowest BCUT2D eigenvalue weighted by atomic mass is 10.3. The number of benzene rings is 1. The highest BCUT2D eigenvalue weighted by Crippen LogP contribution is 2.16. The van der Waals surface area contributed by atoms with E-state index < -0.39 is 10.8 Å². The molecule has 0 saturated carbocycles. The summed E-state index contributed by atoms with van der Waals surface area (Å²) >= 11 is 0. The van der Waals surface area contributed by atoms with Gasteiger partial charge in [-0.3, -0.25) is 9.00 Å². The van der Waals surface area contributed by atoms with E-state index in [1.807, 2.05) is 6.92 Å². The van der Waals surface area contributed by atoms with Crippen LogP contribution < -0.4 is 11.1 Å². The highest BCUT2D eigenvalue weighted by Gasteiger charge is 2.08. The average molecular weight is 240 g/mol. The minimum atomic E-state index is -1.08. The number of carbonyl (C=O) groups excluding carboxylic acids is 1. The molecule has 88 valence electrons. The van der Waals surface area contributed by atoms with Crippen molar-refractivity contribution in [1.82, 2.24) is 0 Å². The van der Waals surface area contributed by atoms with Crippen LogP contribution in [-0.4, -0.2) is 21.6 Å². The Bertz CT molecular complexity index is 393. The monoisotopic (exact) mass is 240 g/mol. The number of rotatable bonds is 5. The Balaban J connectivity index is 2.52. The minimum Gasteiger partial charge on any atom is -0.397 e. The van der Waals surface area contributed by atoms with Gasteiger partial charge in [-0.2, -0.15) is 0 Å². The summed E-state index contributed by atoms with van der Waals surface area (Å²) in [5, 5.41) is 2.64. The Morgan fingerprint density at radius 3 is 2.75 bits per heavy atom. The maximum absolute atomic E-state index is 11.5. The molecule has 16 heavy (non-hydrogen) atoms. The van der Waals surface area contributed by atoms with Crippen LogP contribution in [0.4, 0.5) is 11.4 Å². The van der Waals surface area contributed by atoms with Gasteiger partial charge in [-0.05, 0) is 18.6 Å². The van der Waals surface area contributed by atoms with Crippen molar-refractivity contribution in [3.8, 4) is 0 Å². The Morgan fingerprint density at radius 1 is 1.44 bits per heavy atom. The third-order valence-electron chi connectivity index (χ3n) is 1.96.